The highest BCUT2D eigenvalue weighted by molar-refractivity contribution is 5.58. The van der Waals surface area contributed by atoms with Crippen LogP contribution in [0.2, 0.25) is 0 Å². The fraction of sp³-hybridized carbons (Fsp3) is 0.214. The second-order valence-corrected chi connectivity index (χ2v) is 4.02. The first-order valence-electron chi connectivity index (χ1n) is 5.83. The summed E-state index contributed by atoms with van der Waals surface area (Å²) in [6.07, 6.45) is 2.11. The fourth-order valence-corrected chi connectivity index (χ4v) is 1.69. The van der Waals surface area contributed by atoms with E-state index in [9.17, 15) is 8.78 Å². The molecule has 0 bridgehead atoms. The van der Waals surface area contributed by atoms with Crippen LogP contribution >= 0.6 is 0 Å². The average molecular weight is 259 g/mol. The number of aromatic nitrogens is 2. The Bertz CT molecular complexity index is 635. The molecule has 0 N–H and O–H groups in total. The molecule has 19 heavy (non-hydrogen) atoms. The summed E-state index contributed by atoms with van der Waals surface area (Å²) in [7, 11) is 0. The molecule has 1 atom stereocenters. The SMILES string of the molecule is CCC(C#N)c1nccc(-c2ccc(F)c(F)c2)n1. The molecule has 2 rings (SSSR count). The van der Waals surface area contributed by atoms with Crippen molar-refractivity contribution in [2.24, 2.45) is 0 Å². The molecule has 0 fully saturated rings. The van der Waals surface area contributed by atoms with E-state index in [-0.39, 0.29) is 0 Å². The van der Waals surface area contributed by atoms with Gasteiger partial charge in [-0.1, -0.05) is 6.92 Å². The van der Waals surface area contributed by atoms with Gasteiger partial charge in [-0.05, 0) is 30.7 Å². The zero-order valence-corrected chi connectivity index (χ0v) is 10.3. The minimum atomic E-state index is -0.926. The van der Waals surface area contributed by atoms with E-state index in [1.807, 2.05) is 6.92 Å². The van der Waals surface area contributed by atoms with Crippen LogP contribution < -0.4 is 0 Å². The van der Waals surface area contributed by atoms with Crippen molar-refractivity contribution in [3.05, 3.63) is 47.9 Å². The summed E-state index contributed by atoms with van der Waals surface area (Å²) in [4.78, 5) is 8.28. The molecular formula is C14H11F2N3. The number of hydrogen-bond donors (Lipinski definition) is 0. The molecule has 0 aliphatic heterocycles. The van der Waals surface area contributed by atoms with Crippen LogP contribution in [0.5, 0.6) is 0 Å². The van der Waals surface area contributed by atoms with Gasteiger partial charge >= 0.3 is 0 Å². The molecule has 1 heterocycles. The van der Waals surface area contributed by atoms with Crippen molar-refractivity contribution in [3.63, 3.8) is 0 Å². The fourth-order valence-electron chi connectivity index (χ4n) is 1.69. The van der Waals surface area contributed by atoms with Crippen molar-refractivity contribution in [1.82, 2.24) is 9.97 Å². The Balaban J connectivity index is 2.43. The van der Waals surface area contributed by atoms with Gasteiger partial charge in [0.2, 0.25) is 0 Å². The summed E-state index contributed by atoms with van der Waals surface area (Å²) in [5, 5.41) is 8.98. The number of nitrogens with zero attached hydrogens (tertiary/aromatic N) is 3. The molecule has 0 spiro atoms. The smallest absolute Gasteiger partial charge is 0.159 e. The van der Waals surface area contributed by atoms with E-state index in [4.69, 9.17) is 5.26 Å². The second-order valence-electron chi connectivity index (χ2n) is 4.02. The van der Waals surface area contributed by atoms with E-state index in [1.54, 1.807) is 6.07 Å². The predicted molar refractivity (Wildman–Crippen MR) is 66.0 cm³/mol. The van der Waals surface area contributed by atoms with Crippen molar-refractivity contribution in [2.45, 2.75) is 19.3 Å². The average Bonchev–Trinajstić information content (AvgIpc) is 2.44. The lowest BCUT2D eigenvalue weighted by molar-refractivity contribution is 0.509. The van der Waals surface area contributed by atoms with Crippen LogP contribution in [0.3, 0.4) is 0 Å². The molecule has 2 aromatic rings. The van der Waals surface area contributed by atoms with E-state index in [2.05, 4.69) is 16.0 Å². The zero-order chi connectivity index (χ0) is 13.8. The third-order valence-electron chi connectivity index (χ3n) is 2.77. The first kappa shape index (κ1) is 13.1. The molecule has 1 aromatic heterocycles. The number of hydrogen-bond acceptors (Lipinski definition) is 3. The van der Waals surface area contributed by atoms with Crippen LogP contribution in [0.4, 0.5) is 8.78 Å². The first-order valence-corrected chi connectivity index (χ1v) is 5.83. The lowest BCUT2D eigenvalue weighted by Crippen LogP contribution is -2.02. The molecule has 3 nitrogen and oxygen atoms in total. The Morgan fingerprint density at radius 3 is 2.68 bits per heavy atom. The zero-order valence-electron chi connectivity index (χ0n) is 10.3. The standard InChI is InChI=1S/C14H11F2N3/c1-2-9(8-17)14-18-6-5-13(19-14)10-3-4-11(15)12(16)7-10/h3-7,9H,2H2,1H3. The van der Waals surface area contributed by atoms with Crippen molar-refractivity contribution in [3.8, 4) is 17.3 Å². The van der Waals surface area contributed by atoms with Crippen LogP contribution in [-0.2, 0) is 0 Å². The Morgan fingerprint density at radius 1 is 1.26 bits per heavy atom. The quantitative estimate of drug-likeness (QED) is 0.848. The third-order valence-corrected chi connectivity index (χ3v) is 2.77. The van der Waals surface area contributed by atoms with E-state index in [0.29, 0.717) is 23.5 Å². The number of rotatable bonds is 3. The molecular weight excluding hydrogens is 248 g/mol. The minimum Gasteiger partial charge on any atom is -0.240 e. The maximum absolute atomic E-state index is 13.2. The van der Waals surface area contributed by atoms with Gasteiger partial charge in [-0.3, -0.25) is 0 Å². The van der Waals surface area contributed by atoms with Crippen molar-refractivity contribution < 1.29 is 8.78 Å². The Morgan fingerprint density at radius 2 is 2.05 bits per heavy atom. The molecule has 5 heteroatoms. The number of nitriles is 1. The van der Waals surface area contributed by atoms with Crippen LogP contribution in [0.15, 0.2) is 30.5 Å². The van der Waals surface area contributed by atoms with Gasteiger partial charge in [0.15, 0.2) is 11.6 Å². The van der Waals surface area contributed by atoms with Gasteiger partial charge in [0.25, 0.3) is 0 Å². The lowest BCUT2D eigenvalue weighted by atomic mass is 10.1. The Kier molecular flexibility index (Phi) is 3.81. The van der Waals surface area contributed by atoms with Crippen LogP contribution in [0.1, 0.15) is 25.1 Å². The minimum absolute atomic E-state index is 0.396. The van der Waals surface area contributed by atoms with Gasteiger partial charge in [-0.25, -0.2) is 18.7 Å². The largest absolute Gasteiger partial charge is 0.240 e. The van der Waals surface area contributed by atoms with Gasteiger partial charge in [0.05, 0.1) is 11.8 Å². The van der Waals surface area contributed by atoms with Gasteiger partial charge in [-0.2, -0.15) is 5.26 Å². The molecule has 0 saturated heterocycles. The Labute approximate surface area is 109 Å². The summed E-state index contributed by atoms with van der Waals surface area (Å²) in [5.74, 6) is -1.83. The molecule has 96 valence electrons. The maximum atomic E-state index is 13.2. The van der Waals surface area contributed by atoms with E-state index in [0.717, 1.165) is 12.1 Å². The third kappa shape index (κ3) is 2.74. The highest BCUT2D eigenvalue weighted by Crippen LogP contribution is 2.22. The number of benzene rings is 1. The molecule has 0 radical (unpaired) electrons. The summed E-state index contributed by atoms with van der Waals surface area (Å²) in [6.45, 7) is 1.86. The second kappa shape index (κ2) is 5.53. The summed E-state index contributed by atoms with van der Waals surface area (Å²) >= 11 is 0. The highest BCUT2D eigenvalue weighted by atomic mass is 19.2. The number of halogens is 2. The summed E-state index contributed by atoms with van der Waals surface area (Å²) < 4.78 is 26.1. The summed E-state index contributed by atoms with van der Waals surface area (Å²) in [5.41, 5.74) is 0.924. The normalized spacial score (nSPS) is 11.9. The molecule has 0 amide bonds. The van der Waals surface area contributed by atoms with Crippen molar-refractivity contribution in [2.75, 3.05) is 0 Å². The van der Waals surface area contributed by atoms with Crippen molar-refractivity contribution in [1.29, 1.82) is 5.26 Å². The van der Waals surface area contributed by atoms with E-state index < -0.39 is 17.6 Å². The lowest BCUT2D eigenvalue weighted by Gasteiger charge is -2.07. The highest BCUT2D eigenvalue weighted by Gasteiger charge is 2.13. The van der Waals surface area contributed by atoms with E-state index in [1.165, 1.54) is 12.3 Å². The monoisotopic (exact) mass is 259 g/mol. The van der Waals surface area contributed by atoms with E-state index >= 15 is 0 Å². The van der Waals surface area contributed by atoms with Gasteiger partial charge < -0.3 is 0 Å². The maximum Gasteiger partial charge on any atom is 0.159 e. The van der Waals surface area contributed by atoms with Gasteiger partial charge in [0.1, 0.15) is 11.7 Å². The van der Waals surface area contributed by atoms with Crippen LogP contribution in [0.25, 0.3) is 11.3 Å². The predicted octanol–water partition coefficient (Wildman–Crippen LogP) is 3.44. The molecule has 0 saturated carbocycles. The Hall–Kier alpha value is -2.35. The van der Waals surface area contributed by atoms with Crippen LogP contribution in [-0.4, -0.2) is 9.97 Å². The van der Waals surface area contributed by atoms with Gasteiger partial charge in [-0.15, -0.1) is 0 Å². The topological polar surface area (TPSA) is 49.6 Å². The van der Waals surface area contributed by atoms with Crippen LogP contribution in [0, 0.1) is 23.0 Å². The van der Waals surface area contributed by atoms with Gasteiger partial charge in [0, 0.05) is 11.8 Å². The molecule has 0 aliphatic carbocycles. The summed E-state index contributed by atoms with van der Waals surface area (Å²) in [6, 6.07) is 7.28. The van der Waals surface area contributed by atoms with Crippen molar-refractivity contribution >= 4 is 0 Å². The molecule has 1 aromatic carbocycles. The molecule has 1 unspecified atom stereocenters. The molecule has 0 aliphatic rings. The first-order chi connectivity index (χ1) is 9.15.